The molecule has 2 heterocycles. The highest BCUT2D eigenvalue weighted by atomic mass is 16.3. The average molecular weight is 319 g/mol. The molecule has 0 saturated heterocycles. The second-order valence-electron chi connectivity index (χ2n) is 5.74. The summed E-state index contributed by atoms with van der Waals surface area (Å²) in [4.78, 5) is 4.28. The van der Waals surface area contributed by atoms with Crippen molar-refractivity contribution in [3.63, 3.8) is 0 Å². The Kier molecular flexibility index (Phi) is 2.22. The maximum absolute atomic E-state index is 7.95. The van der Waals surface area contributed by atoms with Crippen LogP contribution in [0.4, 0.5) is 0 Å². The van der Waals surface area contributed by atoms with Crippen LogP contribution in [0.15, 0.2) is 65.2 Å². The third-order valence-corrected chi connectivity index (χ3v) is 4.17. The van der Waals surface area contributed by atoms with Crippen molar-refractivity contribution in [1.29, 1.82) is 0 Å². The molecule has 0 spiro atoms. The quantitative estimate of drug-likeness (QED) is 0.447. The molecule has 0 aliphatic rings. The zero-order chi connectivity index (χ0) is 21.7. The van der Waals surface area contributed by atoms with Crippen LogP contribution in [-0.4, -0.2) is 4.98 Å². The molecule has 0 radical (unpaired) electrons. The molecule has 4 aromatic rings. The number of aromatic nitrogens is 1. The Morgan fingerprint density at radius 2 is 1.92 bits per heavy atom. The standard InChI is InChI=1S/C22H19NO/c1-14-8-11-20(23-13-14)17-10-9-15(2)19(12-17)22-16(3)18-6-4-5-7-21(18)24-22/h4-13H,1-3H3/i1D3,2D3. The Bertz CT molecular complexity index is 1220. The van der Waals surface area contributed by atoms with E-state index in [4.69, 9.17) is 12.6 Å². The van der Waals surface area contributed by atoms with Crippen LogP contribution in [0, 0.1) is 20.6 Å². The fraction of sp³-hybridized carbons (Fsp3) is 0.136. The van der Waals surface area contributed by atoms with E-state index in [1.807, 2.05) is 31.2 Å². The van der Waals surface area contributed by atoms with Crippen molar-refractivity contribution in [3.05, 3.63) is 77.5 Å². The fourth-order valence-electron chi connectivity index (χ4n) is 2.89. The Morgan fingerprint density at radius 3 is 2.67 bits per heavy atom. The molecule has 2 aromatic heterocycles. The van der Waals surface area contributed by atoms with E-state index in [0.29, 0.717) is 28.2 Å². The van der Waals surface area contributed by atoms with Crippen LogP contribution in [0.3, 0.4) is 0 Å². The highest BCUT2D eigenvalue weighted by Crippen LogP contribution is 2.36. The third kappa shape index (κ3) is 2.41. The summed E-state index contributed by atoms with van der Waals surface area (Å²) in [7, 11) is 0. The van der Waals surface area contributed by atoms with E-state index >= 15 is 0 Å². The lowest BCUT2D eigenvalue weighted by atomic mass is 9.98. The van der Waals surface area contributed by atoms with Crippen LogP contribution in [-0.2, 0) is 0 Å². The van der Waals surface area contributed by atoms with Gasteiger partial charge in [-0.05, 0) is 50.0 Å². The second-order valence-corrected chi connectivity index (χ2v) is 5.74. The maximum Gasteiger partial charge on any atom is 0.138 e. The molecule has 4 rings (SSSR count). The van der Waals surface area contributed by atoms with Crippen molar-refractivity contribution in [2.45, 2.75) is 20.6 Å². The number of hydrogen-bond acceptors (Lipinski definition) is 2. The first-order valence-corrected chi connectivity index (χ1v) is 7.65. The molecule has 0 aliphatic heterocycles. The smallest absolute Gasteiger partial charge is 0.138 e. The maximum atomic E-state index is 7.95. The molecule has 0 saturated carbocycles. The lowest BCUT2D eigenvalue weighted by molar-refractivity contribution is 0.628. The van der Waals surface area contributed by atoms with E-state index in [1.165, 1.54) is 12.3 Å². The van der Waals surface area contributed by atoms with E-state index < -0.39 is 13.7 Å². The summed E-state index contributed by atoms with van der Waals surface area (Å²) >= 11 is 0. The molecule has 0 unspecified atom stereocenters. The molecular formula is C22H19NO. The van der Waals surface area contributed by atoms with Crippen LogP contribution >= 0.6 is 0 Å². The lowest BCUT2D eigenvalue weighted by Gasteiger charge is -2.08. The first kappa shape index (κ1) is 9.43. The molecule has 0 fully saturated rings. The summed E-state index contributed by atoms with van der Waals surface area (Å²) in [6.45, 7) is -2.65. The van der Waals surface area contributed by atoms with Crippen molar-refractivity contribution < 1.29 is 12.6 Å². The molecular weight excluding hydrogens is 294 g/mol. The van der Waals surface area contributed by atoms with E-state index in [2.05, 4.69) is 4.98 Å². The van der Waals surface area contributed by atoms with Gasteiger partial charge in [-0.2, -0.15) is 0 Å². The van der Waals surface area contributed by atoms with Crippen LogP contribution < -0.4 is 0 Å². The first-order valence-electron chi connectivity index (χ1n) is 10.7. The highest BCUT2D eigenvalue weighted by Gasteiger charge is 2.15. The van der Waals surface area contributed by atoms with Crippen molar-refractivity contribution in [2.24, 2.45) is 0 Å². The largest absolute Gasteiger partial charge is 0.456 e. The summed E-state index contributed by atoms with van der Waals surface area (Å²) in [6.07, 6.45) is 1.33. The summed E-state index contributed by atoms with van der Waals surface area (Å²) in [6, 6.07) is 15.7. The molecule has 24 heavy (non-hydrogen) atoms. The SMILES string of the molecule is [2H]C([2H])([2H])c1ccc(-c2ccc(C([2H])([2H])[2H])c(-c3oc4ccccc4c3C)c2)nc1. The number of pyridine rings is 1. The van der Waals surface area contributed by atoms with Gasteiger partial charge in [0.25, 0.3) is 0 Å². The minimum atomic E-state index is -2.32. The minimum Gasteiger partial charge on any atom is -0.456 e. The first-order chi connectivity index (χ1) is 14.1. The van der Waals surface area contributed by atoms with Gasteiger partial charge >= 0.3 is 0 Å². The molecule has 0 atom stereocenters. The summed E-state index contributed by atoms with van der Waals surface area (Å²) in [5.74, 6) is 0.503. The Morgan fingerprint density at radius 1 is 1.00 bits per heavy atom. The Hall–Kier alpha value is -2.87. The zero-order valence-electron chi connectivity index (χ0n) is 19.1. The molecule has 118 valence electrons. The summed E-state index contributed by atoms with van der Waals surface area (Å²) < 4.78 is 52.4. The van der Waals surface area contributed by atoms with Gasteiger partial charge in [0.2, 0.25) is 0 Å². The molecule has 2 heteroatoms. The number of hydrogen-bond donors (Lipinski definition) is 0. The van der Waals surface area contributed by atoms with Crippen molar-refractivity contribution >= 4 is 11.0 Å². The Labute approximate surface area is 150 Å². The number of furan rings is 1. The molecule has 0 bridgehead atoms. The number of aryl methyl sites for hydroxylation is 3. The Balaban J connectivity index is 1.89. The fourth-order valence-corrected chi connectivity index (χ4v) is 2.89. The highest BCUT2D eigenvalue weighted by molar-refractivity contribution is 5.88. The molecule has 2 aromatic carbocycles. The van der Waals surface area contributed by atoms with Gasteiger partial charge < -0.3 is 4.42 Å². The number of benzene rings is 2. The molecule has 2 nitrogen and oxygen atoms in total. The summed E-state index contributed by atoms with van der Waals surface area (Å²) in [5, 5.41) is 0.926. The average Bonchev–Trinajstić information content (AvgIpc) is 3.03. The summed E-state index contributed by atoms with van der Waals surface area (Å²) in [5.41, 5.74) is 3.59. The van der Waals surface area contributed by atoms with Gasteiger partial charge in [-0.3, -0.25) is 4.98 Å². The van der Waals surface area contributed by atoms with E-state index in [-0.39, 0.29) is 11.1 Å². The number of fused-ring (bicyclic) bond motifs is 1. The van der Waals surface area contributed by atoms with Gasteiger partial charge in [0.05, 0.1) is 5.69 Å². The van der Waals surface area contributed by atoms with E-state index in [1.54, 1.807) is 24.3 Å². The van der Waals surface area contributed by atoms with E-state index in [0.717, 1.165) is 10.9 Å². The molecule has 0 amide bonds. The van der Waals surface area contributed by atoms with Crippen LogP contribution in [0.1, 0.15) is 24.9 Å². The third-order valence-electron chi connectivity index (χ3n) is 4.17. The second kappa shape index (κ2) is 5.64. The van der Waals surface area contributed by atoms with Crippen molar-refractivity contribution in [2.75, 3.05) is 0 Å². The van der Waals surface area contributed by atoms with Gasteiger partial charge in [0.15, 0.2) is 0 Å². The predicted molar refractivity (Wildman–Crippen MR) is 99.1 cm³/mol. The van der Waals surface area contributed by atoms with Crippen molar-refractivity contribution in [1.82, 2.24) is 4.98 Å². The van der Waals surface area contributed by atoms with Gasteiger partial charge in [-0.15, -0.1) is 0 Å². The lowest BCUT2D eigenvalue weighted by Crippen LogP contribution is -1.88. The number of nitrogens with zero attached hydrogens (tertiary/aromatic N) is 1. The van der Waals surface area contributed by atoms with Crippen LogP contribution in [0.2, 0.25) is 0 Å². The van der Waals surface area contributed by atoms with Gasteiger partial charge in [0.1, 0.15) is 11.3 Å². The van der Waals surface area contributed by atoms with Crippen molar-refractivity contribution in [3.8, 4) is 22.6 Å². The zero-order valence-corrected chi connectivity index (χ0v) is 13.1. The molecule has 0 aliphatic carbocycles. The van der Waals surface area contributed by atoms with Crippen LogP contribution in [0.25, 0.3) is 33.6 Å². The minimum absolute atomic E-state index is 0.152. The number of para-hydroxylation sites is 1. The topological polar surface area (TPSA) is 26.0 Å². The normalized spacial score (nSPS) is 15.9. The van der Waals surface area contributed by atoms with Gasteiger partial charge in [0, 0.05) is 36.5 Å². The monoisotopic (exact) mass is 319 g/mol. The molecule has 0 N–H and O–H groups in total. The van der Waals surface area contributed by atoms with Crippen LogP contribution in [0.5, 0.6) is 0 Å². The van der Waals surface area contributed by atoms with Gasteiger partial charge in [-0.25, -0.2) is 0 Å². The number of rotatable bonds is 2. The van der Waals surface area contributed by atoms with Gasteiger partial charge in [-0.1, -0.05) is 36.4 Å². The van der Waals surface area contributed by atoms with E-state index in [9.17, 15) is 0 Å². The predicted octanol–water partition coefficient (Wildman–Crippen LogP) is 6.09.